The van der Waals surface area contributed by atoms with Crippen LogP contribution in [0.1, 0.15) is 20.8 Å². The molecular formula is C14H11ClN2OS. The molecule has 0 saturated carbocycles. The van der Waals surface area contributed by atoms with Gasteiger partial charge in [0.05, 0.1) is 16.7 Å². The van der Waals surface area contributed by atoms with Crippen molar-refractivity contribution in [2.45, 2.75) is 6.92 Å². The summed E-state index contributed by atoms with van der Waals surface area (Å²) in [6.45, 7) is 1.87. The van der Waals surface area contributed by atoms with Gasteiger partial charge in [-0.2, -0.15) is 5.26 Å². The predicted octanol–water partition coefficient (Wildman–Crippen LogP) is 3.86. The second kappa shape index (κ2) is 5.43. The van der Waals surface area contributed by atoms with Crippen LogP contribution in [-0.4, -0.2) is 13.0 Å². The number of rotatable bonds is 2. The Balaban J connectivity index is 2.28. The molecule has 0 N–H and O–H groups in total. The molecule has 0 saturated heterocycles. The van der Waals surface area contributed by atoms with Gasteiger partial charge in [-0.1, -0.05) is 11.6 Å². The third kappa shape index (κ3) is 2.62. The molecule has 3 nitrogen and oxygen atoms in total. The molecule has 1 amide bonds. The monoisotopic (exact) mass is 290 g/mol. The first kappa shape index (κ1) is 13.6. The smallest absolute Gasteiger partial charge is 0.269 e. The molecule has 0 spiro atoms. The fourth-order valence-corrected chi connectivity index (χ4v) is 2.85. The first-order valence-electron chi connectivity index (χ1n) is 5.56. The van der Waals surface area contributed by atoms with Gasteiger partial charge < -0.3 is 4.90 Å². The number of carbonyl (C=O) groups is 1. The maximum Gasteiger partial charge on any atom is 0.269 e. The third-order valence-corrected chi connectivity index (χ3v) is 4.47. The van der Waals surface area contributed by atoms with Crippen LogP contribution in [0.25, 0.3) is 0 Å². The number of nitriles is 1. The number of nitrogens with zero attached hydrogens (tertiary/aromatic N) is 2. The van der Waals surface area contributed by atoms with Crippen molar-refractivity contribution in [3.63, 3.8) is 0 Å². The van der Waals surface area contributed by atoms with Crippen molar-refractivity contribution in [3.05, 3.63) is 50.7 Å². The molecular weight excluding hydrogens is 280 g/mol. The standard InChI is InChI=1S/C14H11ClN2OS/c1-9-8-19-13(12(9)15)14(18)17(2)11-5-3-10(7-16)4-6-11/h3-6,8H,1-2H3. The molecule has 0 radical (unpaired) electrons. The van der Waals surface area contributed by atoms with Crippen LogP contribution in [0, 0.1) is 18.3 Å². The number of hydrogen-bond acceptors (Lipinski definition) is 3. The number of thiophene rings is 1. The normalized spacial score (nSPS) is 10.0. The number of amides is 1. The molecule has 1 aromatic heterocycles. The van der Waals surface area contributed by atoms with E-state index in [4.69, 9.17) is 16.9 Å². The molecule has 1 heterocycles. The lowest BCUT2D eigenvalue weighted by atomic mass is 10.2. The third-order valence-electron chi connectivity index (χ3n) is 2.78. The summed E-state index contributed by atoms with van der Waals surface area (Å²) in [6.07, 6.45) is 0. The molecule has 0 bridgehead atoms. The highest BCUT2D eigenvalue weighted by atomic mass is 35.5. The van der Waals surface area contributed by atoms with Crippen LogP contribution in [0.4, 0.5) is 5.69 Å². The Morgan fingerprint density at radius 1 is 1.37 bits per heavy atom. The summed E-state index contributed by atoms with van der Waals surface area (Å²) in [5, 5.41) is 11.1. The molecule has 2 rings (SSSR count). The van der Waals surface area contributed by atoms with E-state index in [-0.39, 0.29) is 5.91 Å². The minimum atomic E-state index is -0.146. The lowest BCUT2D eigenvalue weighted by Gasteiger charge is -2.16. The molecule has 0 aliphatic carbocycles. The highest BCUT2D eigenvalue weighted by Crippen LogP contribution is 2.29. The van der Waals surface area contributed by atoms with Crippen molar-refractivity contribution in [1.29, 1.82) is 5.26 Å². The number of benzene rings is 1. The Labute approximate surface area is 120 Å². The number of hydrogen-bond donors (Lipinski definition) is 0. The van der Waals surface area contributed by atoms with Gasteiger partial charge in [0.1, 0.15) is 4.88 Å². The summed E-state index contributed by atoms with van der Waals surface area (Å²) in [7, 11) is 1.69. The fraction of sp³-hybridized carbons (Fsp3) is 0.143. The number of anilines is 1. The van der Waals surface area contributed by atoms with Gasteiger partial charge in [0.2, 0.25) is 0 Å². The Hall–Kier alpha value is -1.83. The van der Waals surface area contributed by atoms with E-state index in [9.17, 15) is 4.79 Å². The van der Waals surface area contributed by atoms with Gasteiger partial charge in [0.25, 0.3) is 5.91 Å². The predicted molar refractivity (Wildman–Crippen MR) is 78.0 cm³/mol. The van der Waals surface area contributed by atoms with Crippen molar-refractivity contribution in [2.24, 2.45) is 0 Å². The molecule has 0 unspecified atom stereocenters. The van der Waals surface area contributed by atoms with E-state index in [1.807, 2.05) is 18.4 Å². The molecule has 19 heavy (non-hydrogen) atoms. The summed E-state index contributed by atoms with van der Waals surface area (Å²) >= 11 is 7.44. The number of aryl methyl sites for hydroxylation is 1. The van der Waals surface area contributed by atoms with Crippen LogP contribution in [0.15, 0.2) is 29.6 Å². The van der Waals surface area contributed by atoms with Crippen molar-refractivity contribution in [1.82, 2.24) is 0 Å². The maximum atomic E-state index is 12.3. The molecule has 0 atom stereocenters. The van der Waals surface area contributed by atoms with E-state index >= 15 is 0 Å². The van der Waals surface area contributed by atoms with Gasteiger partial charge in [-0.3, -0.25) is 4.79 Å². The van der Waals surface area contributed by atoms with E-state index in [0.29, 0.717) is 15.5 Å². The SMILES string of the molecule is Cc1csc(C(=O)N(C)c2ccc(C#N)cc2)c1Cl. The highest BCUT2D eigenvalue weighted by Gasteiger charge is 2.19. The molecule has 0 fully saturated rings. The summed E-state index contributed by atoms with van der Waals surface area (Å²) in [5.41, 5.74) is 2.20. The first-order valence-corrected chi connectivity index (χ1v) is 6.82. The van der Waals surface area contributed by atoms with E-state index in [2.05, 4.69) is 0 Å². The average Bonchev–Trinajstić information content (AvgIpc) is 2.77. The van der Waals surface area contributed by atoms with Crippen LogP contribution >= 0.6 is 22.9 Å². The topological polar surface area (TPSA) is 44.1 Å². The summed E-state index contributed by atoms with van der Waals surface area (Å²) < 4.78 is 0. The second-order valence-electron chi connectivity index (χ2n) is 4.08. The molecule has 1 aromatic carbocycles. The zero-order valence-corrected chi connectivity index (χ0v) is 12.0. The Bertz CT molecular complexity index is 655. The van der Waals surface area contributed by atoms with Crippen molar-refractivity contribution in [3.8, 4) is 6.07 Å². The van der Waals surface area contributed by atoms with Gasteiger partial charge in [-0.05, 0) is 42.1 Å². The Kier molecular flexibility index (Phi) is 3.89. The molecule has 5 heteroatoms. The minimum Gasteiger partial charge on any atom is -0.311 e. The fourth-order valence-electron chi connectivity index (χ4n) is 1.60. The van der Waals surface area contributed by atoms with Crippen molar-refractivity contribution < 1.29 is 4.79 Å². The molecule has 96 valence electrons. The molecule has 2 aromatic rings. The van der Waals surface area contributed by atoms with Gasteiger partial charge in [-0.25, -0.2) is 0 Å². The lowest BCUT2D eigenvalue weighted by Crippen LogP contribution is -2.25. The van der Waals surface area contributed by atoms with Gasteiger partial charge in [-0.15, -0.1) is 11.3 Å². The maximum absolute atomic E-state index is 12.3. The first-order chi connectivity index (χ1) is 9.04. The van der Waals surface area contributed by atoms with Crippen LogP contribution in [0.2, 0.25) is 5.02 Å². The van der Waals surface area contributed by atoms with E-state index in [1.54, 1.807) is 31.3 Å². The van der Waals surface area contributed by atoms with Gasteiger partial charge in [0.15, 0.2) is 0 Å². The van der Waals surface area contributed by atoms with E-state index in [1.165, 1.54) is 16.2 Å². The summed E-state index contributed by atoms with van der Waals surface area (Å²) in [6, 6.07) is 8.89. The highest BCUT2D eigenvalue weighted by molar-refractivity contribution is 7.13. The second-order valence-corrected chi connectivity index (χ2v) is 5.34. The number of carbonyl (C=O) groups excluding carboxylic acids is 1. The van der Waals surface area contributed by atoms with Crippen LogP contribution in [0.5, 0.6) is 0 Å². The Morgan fingerprint density at radius 2 is 2.00 bits per heavy atom. The largest absolute Gasteiger partial charge is 0.311 e. The quantitative estimate of drug-likeness (QED) is 0.843. The van der Waals surface area contributed by atoms with Gasteiger partial charge >= 0.3 is 0 Å². The van der Waals surface area contributed by atoms with Gasteiger partial charge in [0, 0.05) is 12.7 Å². The van der Waals surface area contributed by atoms with E-state index in [0.717, 1.165) is 11.3 Å². The summed E-state index contributed by atoms with van der Waals surface area (Å²) in [4.78, 5) is 14.4. The molecule has 0 aliphatic rings. The average molecular weight is 291 g/mol. The minimum absolute atomic E-state index is 0.146. The van der Waals surface area contributed by atoms with Crippen LogP contribution < -0.4 is 4.90 Å². The zero-order chi connectivity index (χ0) is 14.0. The van der Waals surface area contributed by atoms with Crippen molar-refractivity contribution >= 4 is 34.5 Å². The van der Waals surface area contributed by atoms with Crippen LogP contribution in [-0.2, 0) is 0 Å². The number of halogens is 1. The van der Waals surface area contributed by atoms with Crippen molar-refractivity contribution in [2.75, 3.05) is 11.9 Å². The molecule has 0 aliphatic heterocycles. The van der Waals surface area contributed by atoms with E-state index < -0.39 is 0 Å². The van der Waals surface area contributed by atoms with Crippen LogP contribution in [0.3, 0.4) is 0 Å². The Morgan fingerprint density at radius 3 is 2.47 bits per heavy atom. The zero-order valence-electron chi connectivity index (χ0n) is 10.5. The summed E-state index contributed by atoms with van der Waals surface area (Å²) in [5.74, 6) is -0.146. The lowest BCUT2D eigenvalue weighted by molar-refractivity contribution is 0.0997.